The molecule has 0 saturated carbocycles. The molecule has 0 radical (unpaired) electrons. The van der Waals surface area contributed by atoms with Gasteiger partial charge in [-0.2, -0.15) is 0 Å². The predicted molar refractivity (Wildman–Crippen MR) is 147 cm³/mol. The van der Waals surface area contributed by atoms with Gasteiger partial charge in [-0.05, 0) is 63.4 Å². The smallest absolute Gasteiger partial charge is 0.416 e. The molecule has 2 aliphatic rings. The van der Waals surface area contributed by atoms with E-state index in [0.717, 1.165) is 34.5 Å². The molecule has 1 spiro atoms. The van der Waals surface area contributed by atoms with Gasteiger partial charge in [0, 0.05) is 30.6 Å². The largest absolute Gasteiger partial charge is 0.443 e. The van der Waals surface area contributed by atoms with Crippen molar-refractivity contribution >= 4 is 23.4 Å². The first-order valence-electron chi connectivity index (χ1n) is 12.9. The van der Waals surface area contributed by atoms with Crippen molar-refractivity contribution in [3.05, 3.63) is 95.6 Å². The van der Waals surface area contributed by atoms with Crippen molar-refractivity contribution in [2.45, 2.75) is 64.3 Å². The van der Waals surface area contributed by atoms with Gasteiger partial charge >= 0.3 is 6.09 Å². The van der Waals surface area contributed by atoms with Crippen LogP contribution in [0.1, 0.15) is 50.3 Å². The summed E-state index contributed by atoms with van der Waals surface area (Å²) < 4.78 is 5.89. The number of benzene rings is 3. The van der Waals surface area contributed by atoms with Crippen molar-refractivity contribution in [1.82, 2.24) is 4.90 Å². The SMILES string of the molecule is Cc1ccc2c(c1)C1(CCN(Cc3ccccc3)C(=O)C1)C(Nc1ccccc1)N2C(=O)OC(C)(C)C. The molecule has 2 amide bonds. The van der Waals surface area contributed by atoms with Gasteiger partial charge in [-0.25, -0.2) is 4.79 Å². The number of hydrogen-bond donors (Lipinski definition) is 1. The van der Waals surface area contributed by atoms with E-state index in [-0.39, 0.29) is 5.91 Å². The minimum atomic E-state index is -0.649. The summed E-state index contributed by atoms with van der Waals surface area (Å²) in [7, 11) is 0. The summed E-state index contributed by atoms with van der Waals surface area (Å²) in [5.41, 5.74) is 3.70. The standard InChI is InChI=1S/C31H35N3O3/c1-22-15-16-26-25(19-22)31(17-18-33(27(35)20-31)21-23-11-7-5-8-12-23)28(32-24-13-9-6-10-14-24)34(26)29(36)37-30(2,3)4/h5-16,19,28,32H,17-18,20-21H2,1-4H3. The van der Waals surface area contributed by atoms with Gasteiger partial charge in [0.25, 0.3) is 0 Å². The zero-order valence-corrected chi connectivity index (χ0v) is 22.0. The van der Waals surface area contributed by atoms with Crippen molar-refractivity contribution in [3.8, 4) is 0 Å². The van der Waals surface area contributed by atoms with Crippen LogP contribution in [0.2, 0.25) is 0 Å². The molecule has 5 rings (SSSR count). The minimum absolute atomic E-state index is 0.0912. The molecular weight excluding hydrogens is 462 g/mol. The van der Waals surface area contributed by atoms with Gasteiger partial charge in [-0.1, -0.05) is 66.2 Å². The third-order valence-electron chi connectivity index (χ3n) is 7.26. The summed E-state index contributed by atoms with van der Waals surface area (Å²) in [6.07, 6.45) is 0.151. The molecule has 3 aromatic carbocycles. The van der Waals surface area contributed by atoms with Crippen LogP contribution in [0.15, 0.2) is 78.9 Å². The quantitative estimate of drug-likeness (QED) is 0.463. The first-order chi connectivity index (χ1) is 17.7. The molecule has 0 bridgehead atoms. The lowest BCUT2D eigenvalue weighted by Gasteiger charge is -2.44. The number of carbonyl (C=O) groups is 2. The highest BCUT2D eigenvalue weighted by Crippen LogP contribution is 2.52. The Morgan fingerprint density at radius 1 is 1.03 bits per heavy atom. The number of para-hydroxylation sites is 1. The van der Waals surface area contributed by atoms with Crippen LogP contribution in [0, 0.1) is 6.92 Å². The first-order valence-corrected chi connectivity index (χ1v) is 12.9. The average Bonchev–Trinajstić information content (AvgIpc) is 3.09. The van der Waals surface area contributed by atoms with Gasteiger partial charge in [0.2, 0.25) is 5.91 Å². The fourth-order valence-corrected chi connectivity index (χ4v) is 5.57. The zero-order valence-electron chi connectivity index (χ0n) is 22.0. The Balaban J connectivity index is 1.55. The maximum Gasteiger partial charge on any atom is 0.416 e. The summed E-state index contributed by atoms with van der Waals surface area (Å²) in [6.45, 7) is 8.86. The molecule has 6 nitrogen and oxygen atoms in total. The van der Waals surface area contributed by atoms with E-state index in [1.165, 1.54) is 0 Å². The Morgan fingerprint density at radius 3 is 2.35 bits per heavy atom. The number of fused-ring (bicyclic) bond motifs is 2. The Morgan fingerprint density at radius 2 is 1.70 bits per heavy atom. The van der Waals surface area contributed by atoms with E-state index in [1.807, 2.05) is 86.3 Å². The lowest BCUT2D eigenvalue weighted by molar-refractivity contribution is -0.136. The second-order valence-corrected chi connectivity index (χ2v) is 11.2. The van der Waals surface area contributed by atoms with Crippen molar-refractivity contribution in [2.75, 3.05) is 16.8 Å². The van der Waals surface area contributed by atoms with Crippen LogP contribution in [0.25, 0.3) is 0 Å². The number of amides is 2. The van der Waals surface area contributed by atoms with E-state index in [9.17, 15) is 9.59 Å². The molecule has 6 heteroatoms. The van der Waals surface area contributed by atoms with Gasteiger partial charge in [0.1, 0.15) is 11.8 Å². The molecule has 1 N–H and O–H groups in total. The number of likely N-dealkylation sites (tertiary alicyclic amines) is 1. The van der Waals surface area contributed by atoms with E-state index in [0.29, 0.717) is 19.5 Å². The van der Waals surface area contributed by atoms with E-state index < -0.39 is 23.3 Å². The normalized spacial score (nSPS) is 21.2. The van der Waals surface area contributed by atoms with Crippen molar-refractivity contribution in [3.63, 3.8) is 0 Å². The molecule has 3 aromatic rings. The molecule has 192 valence electrons. The molecule has 1 fully saturated rings. The van der Waals surface area contributed by atoms with Gasteiger partial charge < -0.3 is 15.0 Å². The lowest BCUT2D eigenvalue weighted by Crippen LogP contribution is -2.58. The summed E-state index contributed by atoms with van der Waals surface area (Å²) >= 11 is 0. The van der Waals surface area contributed by atoms with Crippen molar-refractivity contribution < 1.29 is 14.3 Å². The molecule has 2 heterocycles. The van der Waals surface area contributed by atoms with Crippen LogP contribution in [0.4, 0.5) is 16.2 Å². The molecule has 2 aliphatic heterocycles. The van der Waals surface area contributed by atoms with E-state index in [2.05, 4.69) is 30.4 Å². The Hall–Kier alpha value is -3.80. The number of rotatable bonds is 4. The third-order valence-corrected chi connectivity index (χ3v) is 7.26. The first kappa shape index (κ1) is 24.9. The predicted octanol–water partition coefficient (Wildman–Crippen LogP) is 6.25. The molecule has 2 atom stereocenters. The monoisotopic (exact) mass is 497 g/mol. The zero-order chi connectivity index (χ0) is 26.2. The molecule has 0 aliphatic carbocycles. The van der Waals surface area contributed by atoms with E-state index in [1.54, 1.807) is 4.90 Å². The Labute approximate surface area is 219 Å². The van der Waals surface area contributed by atoms with Gasteiger partial charge in [-0.3, -0.25) is 9.69 Å². The summed E-state index contributed by atoms with van der Waals surface area (Å²) in [4.78, 5) is 31.1. The number of piperidine rings is 1. The number of ether oxygens (including phenoxy) is 1. The summed E-state index contributed by atoms with van der Waals surface area (Å²) in [5.74, 6) is 0.0912. The van der Waals surface area contributed by atoms with Crippen LogP contribution in [0.3, 0.4) is 0 Å². The number of nitrogens with one attached hydrogen (secondary N) is 1. The van der Waals surface area contributed by atoms with Crippen molar-refractivity contribution in [2.24, 2.45) is 0 Å². The molecule has 37 heavy (non-hydrogen) atoms. The van der Waals surface area contributed by atoms with Gasteiger partial charge in [-0.15, -0.1) is 0 Å². The van der Waals surface area contributed by atoms with Gasteiger partial charge in [0.05, 0.1) is 5.69 Å². The maximum absolute atomic E-state index is 13.7. The second-order valence-electron chi connectivity index (χ2n) is 11.2. The van der Waals surface area contributed by atoms with Crippen molar-refractivity contribution in [1.29, 1.82) is 0 Å². The number of nitrogens with zero attached hydrogens (tertiary/aromatic N) is 2. The Bertz CT molecular complexity index is 1290. The highest BCUT2D eigenvalue weighted by atomic mass is 16.6. The highest BCUT2D eigenvalue weighted by Gasteiger charge is 2.56. The fraction of sp³-hybridized carbons (Fsp3) is 0.355. The number of aryl methyl sites for hydroxylation is 1. The van der Waals surface area contributed by atoms with Gasteiger partial charge in [0.15, 0.2) is 0 Å². The van der Waals surface area contributed by atoms with Crippen LogP contribution in [0.5, 0.6) is 0 Å². The number of anilines is 2. The van der Waals surface area contributed by atoms with Crippen LogP contribution in [-0.4, -0.2) is 35.2 Å². The lowest BCUT2D eigenvalue weighted by atomic mass is 9.71. The second kappa shape index (κ2) is 9.58. The van der Waals surface area contributed by atoms with E-state index in [4.69, 9.17) is 4.74 Å². The number of carbonyl (C=O) groups excluding carboxylic acids is 2. The topological polar surface area (TPSA) is 61.9 Å². The molecular formula is C31H35N3O3. The highest BCUT2D eigenvalue weighted by molar-refractivity contribution is 5.95. The van der Waals surface area contributed by atoms with Crippen LogP contribution in [-0.2, 0) is 21.5 Å². The maximum atomic E-state index is 13.7. The fourth-order valence-electron chi connectivity index (χ4n) is 5.57. The van der Waals surface area contributed by atoms with E-state index >= 15 is 0 Å². The summed E-state index contributed by atoms with van der Waals surface area (Å²) in [5, 5.41) is 3.62. The summed E-state index contributed by atoms with van der Waals surface area (Å²) in [6, 6.07) is 26.1. The Kier molecular flexibility index (Phi) is 6.44. The molecule has 1 saturated heterocycles. The van der Waals surface area contributed by atoms with Crippen LogP contribution >= 0.6 is 0 Å². The molecule has 0 aromatic heterocycles. The van der Waals surface area contributed by atoms with Crippen LogP contribution < -0.4 is 10.2 Å². The third kappa shape index (κ3) is 4.93. The molecule has 2 unspecified atom stereocenters. The minimum Gasteiger partial charge on any atom is -0.443 e. The average molecular weight is 498 g/mol. The number of hydrogen-bond acceptors (Lipinski definition) is 4.